The van der Waals surface area contributed by atoms with E-state index < -0.39 is 5.60 Å². The first-order valence-corrected chi connectivity index (χ1v) is 5.32. The molecule has 0 aromatic rings. The number of hydrazine groups is 1. The molecule has 0 radical (unpaired) electrons. The Morgan fingerprint density at radius 3 is 2.67 bits per heavy atom. The van der Waals surface area contributed by atoms with Gasteiger partial charge in [0.2, 0.25) is 0 Å². The lowest BCUT2D eigenvalue weighted by Crippen LogP contribution is -2.42. The van der Waals surface area contributed by atoms with Gasteiger partial charge in [0.05, 0.1) is 0 Å². The molecule has 1 aliphatic rings. The molecule has 0 aromatic heterocycles. The Labute approximate surface area is 91.1 Å². The third kappa shape index (κ3) is 4.05. The summed E-state index contributed by atoms with van der Waals surface area (Å²) in [4.78, 5) is 13.4. The van der Waals surface area contributed by atoms with Gasteiger partial charge in [-0.05, 0) is 34.2 Å². The highest BCUT2D eigenvalue weighted by atomic mass is 16.6. The van der Waals surface area contributed by atoms with Crippen LogP contribution in [0.5, 0.6) is 0 Å². The van der Waals surface area contributed by atoms with Gasteiger partial charge in [0.15, 0.2) is 0 Å². The molecule has 0 spiro atoms. The molecule has 0 aliphatic carbocycles. The molecular formula is C10H21N3O2. The fourth-order valence-corrected chi connectivity index (χ4v) is 1.57. The Kier molecular flexibility index (Phi) is 3.93. The number of rotatable bonds is 2. The number of hydrogen-bond donors (Lipinski definition) is 2. The van der Waals surface area contributed by atoms with Gasteiger partial charge in [-0.25, -0.2) is 4.79 Å². The number of hydrogen-bond acceptors (Lipinski definition) is 4. The van der Waals surface area contributed by atoms with Gasteiger partial charge in [0.1, 0.15) is 5.60 Å². The number of carbonyl (C=O) groups is 1. The lowest BCUT2D eigenvalue weighted by Gasteiger charge is -2.24. The Balaban J connectivity index is 2.37. The predicted molar refractivity (Wildman–Crippen MR) is 58.4 cm³/mol. The van der Waals surface area contributed by atoms with Gasteiger partial charge in [-0.15, -0.1) is 0 Å². The zero-order valence-electron chi connectivity index (χ0n) is 9.96. The van der Waals surface area contributed by atoms with E-state index in [1.165, 1.54) is 0 Å². The summed E-state index contributed by atoms with van der Waals surface area (Å²) >= 11 is 0. The lowest BCUT2D eigenvalue weighted by atomic mass is 10.2. The molecule has 2 N–H and O–H groups in total. The van der Waals surface area contributed by atoms with Crippen LogP contribution in [0, 0.1) is 0 Å². The number of amides is 1. The second-order valence-corrected chi connectivity index (χ2v) is 4.81. The van der Waals surface area contributed by atoms with E-state index in [0.29, 0.717) is 12.6 Å². The minimum absolute atomic E-state index is 0.220. The molecule has 5 heteroatoms. The second kappa shape index (κ2) is 4.81. The van der Waals surface area contributed by atoms with Crippen molar-refractivity contribution in [2.45, 2.75) is 38.8 Å². The number of nitrogens with one attached hydrogen (secondary N) is 2. The number of nitrogens with zero attached hydrogens (tertiary/aromatic N) is 1. The SMILES string of the molecule is CNN[C@@H]1CCN(C(=O)OC(C)(C)C)C1. The summed E-state index contributed by atoms with van der Waals surface area (Å²) < 4.78 is 5.29. The first kappa shape index (κ1) is 12.3. The first-order chi connectivity index (χ1) is 6.92. The van der Waals surface area contributed by atoms with E-state index in [0.717, 1.165) is 13.0 Å². The van der Waals surface area contributed by atoms with Gasteiger partial charge in [-0.2, -0.15) is 0 Å². The van der Waals surface area contributed by atoms with Gasteiger partial charge in [-0.3, -0.25) is 10.9 Å². The van der Waals surface area contributed by atoms with E-state index in [1.54, 1.807) is 4.90 Å². The van der Waals surface area contributed by atoms with Crippen LogP contribution in [0.4, 0.5) is 4.79 Å². The standard InChI is InChI=1S/C10H21N3O2/c1-10(2,3)15-9(14)13-6-5-8(7-13)12-11-4/h8,11-12H,5-7H2,1-4H3/t8-/m1/s1. The minimum Gasteiger partial charge on any atom is -0.444 e. The van der Waals surface area contributed by atoms with Crippen LogP contribution in [0.1, 0.15) is 27.2 Å². The minimum atomic E-state index is -0.411. The van der Waals surface area contributed by atoms with Crippen LogP contribution in [-0.2, 0) is 4.74 Å². The van der Waals surface area contributed by atoms with Crippen molar-refractivity contribution in [2.24, 2.45) is 0 Å². The molecule has 15 heavy (non-hydrogen) atoms. The maximum absolute atomic E-state index is 11.7. The average molecular weight is 215 g/mol. The molecule has 0 unspecified atom stereocenters. The van der Waals surface area contributed by atoms with Crippen molar-refractivity contribution in [3.05, 3.63) is 0 Å². The van der Waals surface area contributed by atoms with Crippen LogP contribution >= 0.6 is 0 Å². The summed E-state index contributed by atoms with van der Waals surface area (Å²) in [6.45, 7) is 7.10. The zero-order valence-corrected chi connectivity index (χ0v) is 9.96. The van der Waals surface area contributed by atoms with Crippen molar-refractivity contribution < 1.29 is 9.53 Å². The topological polar surface area (TPSA) is 53.6 Å². The quantitative estimate of drug-likeness (QED) is 0.666. The predicted octanol–water partition coefficient (Wildman–Crippen LogP) is 0.720. The molecular weight excluding hydrogens is 194 g/mol. The van der Waals surface area contributed by atoms with Gasteiger partial charge in [0, 0.05) is 19.1 Å². The number of carbonyl (C=O) groups excluding carboxylic acids is 1. The van der Waals surface area contributed by atoms with Crippen LogP contribution in [0.25, 0.3) is 0 Å². The summed E-state index contributed by atoms with van der Waals surface area (Å²) in [5, 5.41) is 0. The Bertz CT molecular complexity index is 225. The fourth-order valence-electron chi connectivity index (χ4n) is 1.57. The molecule has 5 nitrogen and oxygen atoms in total. The highest BCUT2D eigenvalue weighted by Crippen LogP contribution is 2.14. The Morgan fingerprint density at radius 1 is 1.47 bits per heavy atom. The molecule has 0 bridgehead atoms. The van der Waals surface area contributed by atoms with E-state index in [2.05, 4.69) is 10.9 Å². The van der Waals surface area contributed by atoms with Crippen molar-refractivity contribution >= 4 is 6.09 Å². The van der Waals surface area contributed by atoms with Crippen molar-refractivity contribution in [3.63, 3.8) is 0 Å². The lowest BCUT2D eigenvalue weighted by molar-refractivity contribution is 0.0290. The highest BCUT2D eigenvalue weighted by Gasteiger charge is 2.29. The van der Waals surface area contributed by atoms with Crippen LogP contribution in [0.3, 0.4) is 0 Å². The van der Waals surface area contributed by atoms with Gasteiger partial charge in [-0.1, -0.05) is 0 Å². The summed E-state index contributed by atoms with van der Waals surface area (Å²) in [7, 11) is 1.83. The van der Waals surface area contributed by atoms with Crippen LogP contribution in [0.2, 0.25) is 0 Å². The van der Waals surface area contributed by atoms with Crippen molar-refractivity contribution in [1.82, 2.24) is 15.8 Å². The molecule has 0 aromatic carbocycles. The smallest absolute Gasteiger partial charge is 0.410 e. The third-order valence-corrected chi connectivity index (χ3v) is 2.19. The van der Waals surface area contributed by atoms with Crippen LogP contribution < -0.4 is 10.9 Å². The van der Waals surface area contributed by atoms with Gasteiger partial charge in [0.25, 0.3) is 0 Å². The molecule has 1 heterocycles. The molecule has 1 aliphatic heterocycles. The average Bonchev–Trinajstić information content (AvgIpc) is 2.50. The molecule has 1 amide bonds. The molecule has 0 saturated carbocycles. The molecule has 1 saturated heterocycles. The van der Waals surface area contributed by atoms with E-state index in [-0.39, 0.29) is 6.09 Å². The Hall–Kier alpha value is -0.810. The van der Waals surface area contributed by atoms with Crippen molar-refractivity contribution in [2.75, 3.05) is 20.1 Å². The summed E-state index contributed by atoms with van der Waals surface area (Å²) in [5.74, 6) is 0. The fraction of sp³-hybridized carbons (Fsp3) is 0.900. The maximum atomic E-state index is 11.7. The summed E-state index contributed by atoms with van der Waals surface area (Å²) in [6, 6.07) is 0.322. The zero-order chi connectivity index (χ0) is 11.5. The summed E-state index contributed by atoms with van der Waals surface area (Å²) in [6.07, 6.45) is 0.739. The van der Waals surface area contributed by atoms with Crippen LogP contribution in [-0.4, -0.2) is 42.8 Å². The number of likely N-dealkylation sites (tertiary alicyclic amines) is 1. The normalized spacial score (nSPS) is 21.9. The molecule has 1 fully saturated rings. The highest BCUT2D eigenvalue weighted by molar-refractivity contribution is 5.68. The number of ether oxygens (including phenoxy) is 1. The molecule has 1 atom stereocenters. The van der Waals surface area contributed by atoms with Gasteiger partial charge < -0.3 is 9.64 Å². The maximum Gasteiger partial charge on any atom is 0.410 e. The third-order valence-electron chi connectivity index (χ3n) is 2.19. The van der Waals surface area contributed by atoms with E-state index >= 15 is 0 Å². The van der Waals surface area contributed by atoms with Crippen molar-refractivity contribution in [1.29, 1.82) is 0 Å². The largest absolute Gasteiger partial charge is 0.444 e. The molecule has 1 rings (SSSR count). The Morgan fingerprint density at radius 2 is 2.13 bits per heavy atom. The van der Waals surface area contributed by atoms with E-state index in [1.807, 2.05) is 27.8 Å². The first-order valence-electron chi connectivity index (χ1n) is 5.32. The van der Waals surface area contributed by atoms with E-state index in [9.17, 15) is 4.79 Å². The monoisotopic (exact) mass is 215 g/mol. The molecule has 88 valence electrons. The summed E-state index contributed by atoms with van der Waals surface area (Å²) in [5.41, 5.74) is 5.57. The van der Waals surface area contributed by atoms with Gasteiger partial charge >= 0.3 is 6.09 Å². The van der Waals surface area contributed by atoms with Crippen molar-refractivity contribution in [3.8, 4) is 0 Å². The second-order valence-electron chi connectivity index (χ2n) is 4.81. The van der Waals surface area contributed by atoms with Crippen LogP contribution in [0.15, 0.2) is 0 Å². The van der Waals surface area contributed by atoms with E-state index in [4.69, 9.17) is 4.74 Å².